The summed E-state index contributed by atoms with van der Waals surface area (Å²) in [5, 5.41) is 6.86. The minimum absolute atomic E-state index is 0.635. The van der Waals surface area contributed by atoms with Gasteiger partial charge in [-0.15, -0.1) is 0 Å². The van der Waals surface area contributed by atoms with Crippen LogP contribution in [0.15, 0.2) is 29.3 Å². The van der Waals surface area contributed by atoms with E-state index < -0.39 is 0 Å². The quantitative estimate of drug-likeness (QED) is 0.621. The minimum Gasteiger partial charge on any atom is -0.496 e. The van der Waals surface area contributed by atoms with Crippen LogP contribution in [-0.2, 0) is 6.54 Å². The number of benzene rings is 1. The Morgan fingerprint density at radius 2 is 2.12 bits per heavy atom. The van der Waals surface area contributed by atoms with Crippen LogP contribution in [0, 0.1) is 5.92 Å². The zero-order valence-corrected chi connectivity index (χ0v) is 15.5. The largest absolute Gasteiger partial charge is 0.496 e. The molecule has 1 aliphatic rings. The van der Waals surface area contributed by atoms with E-state index in [0.717, 1.165) is 23.8 Å². The molecule has 0 spiro atoms. The van der Waals surface area contributed by atoms with Gasteiger partial charge in [-0.25, -0.2) is 0 Å². The fraction of sp³-hybridized carbons (Fsp3) is 0.632. The zero-order valence-electron chi connectivity index (χ0n) is 15.5. The summed E-state index contributed by atoms with van der Waals surface area (Å²) in [6.07, 6.45) is 2.58. The van der Waals surface area contributed by atoms with Gasteiger partial charge in [-0.2, -0.15) is 0 Å². The first kappa shape index (κ1) is 18.6. The average Bonchev–Trinajstić information content (AvgIpc) is 2.62. The monoisotopic (exact) mass is 332 g/mol. The molecule has 1 aromatic carbocycles. The number of aliphatic imine (C=N–C) groups is 1. The number of nitrogens with one attached hydrogen (secondary N) is 2. The maximum atomic E-state index is 5.39. The summed E-state index contributed by atoms with van der Waals surface area (Å²) in [5.74, 6) is 2.44. The first-order valence-electron chi connectivity index (χ1n) is 8.94. The summed E-state index contributed by atoms with van der Waals surface area (Å²) in [6, 6.07) is 8.70. The Labute approximate surface area is 146 Å². The van der Waals surface area contributed by atoms with Gasteiger partial charge < -0.3 is 20.3 Å². The summed E-state index contributed by atoms with van der Waals surface area (Å²) < 4.78 is 5.39. The Bertz CT molecular complexity index is 530. The zero-order chi connectivity index (χ0) is 17.4. The third kappa shape index (κ3) is 5.41. The van der Waals surface area contributed by atoms with E-state index >= 15 is 0 Å². The van der Waals surface area contributed by atoms with Crippen molar-refractivity contribution >= 4 is 5.96 Å². The lowest BCUT2D eigenvalue weighted by Gasteiger charge is -2.35. The molecule has 0 aliphatic carbocycles. The molecule has 2 N–H and O–H groups in total. The molecule has 0 saturated carbocycles. The molecule has 24 heavy (non-hydrogen) atoms. The Morgan fingerprint density at radius 1 is 1.33 bits per heavy atom. The van der Waals surface area contributed by atoms with Crippen LogP contribution in [0.3, 0.4) is 0 Å². The van der Waals surface area contributed by atoms with Crippen LogP contribution in [0.5, 0.6) is 5.75 Å². The summed E-state index contributed by atoms with van der Waals surface area (Å²) in [6.45, 7) is 8.64. The van der Waals surface area contributed by atoms with Crippen LogP contribution in [0.1, 0.15) is 32.3 Å². The second-order valence-electron chi connectivity index (χ2n) is 6.72. The molecule has 1 heterocycles. The number of nitrogens with zero attached hydrogens (tertiary/aromatic N) is 2. The summed E-state index contributed by atoms with van der Waals surface area (Å²) in [5.41, 5.74) is 1.13. The number of piperidine rings is 1. The lowest BCUT2D eigenvalue weighted by atomic mass is 9.97. The topological polar surface area (TPSA) is 48.9 Å². The lowest BCUT2D eigenvalue weighted by Crippen LogP contribution is -2.46. The Kier molecular flexibility index (Phi) is 7.37. The summed E-state index contributed by atoms with van der Waals surface area (Å²) in [4.78, 5) is 6.91. The lowest BCUT2D eigenvalue weighted by molar-refractivity contribution is 0.141. The summed E-state index contributed by atoms with van der Waals surface area (Å²) >= 11 is 0. The van der Waals surface area contributed by atoms with Gasteiger partial charge in [0.2, 0.25) is 0 Å². The molecule has 2 rings (SSSR count). The molecule has 5 heteroatoms. The van der Waals surface area contributed by atoms with Gasteiger partial charge in [-0.05, 0) is 45.2 Å². The number of likely N-dealkylation sites (tertiary alicyclic amines) is 1. The number of ether oxygens (including phenoxy) is 1. The molecule has 1 saturated heterocycles. The molecule has 1 aromatic rings. The van der Waals surface area contributed by atoms with Crippen LogP contribution in [-0.4, -0.2) is 50.7 Å². The molecule has 0 amide bonds. The molecular formula is C19H32N4O. The first-order valence-corrected chi connectivity index (χ1v) is 8.94. The average molecular weight is 332 g/mol. The first-order chi connectivity index (χ1) is 11.6. The van der Waals surface area contributed by atoms with Crippen molar-refractivity contribution in [3.05, 3.63) is 29.8 Å². The number of methoxy groups -OCH3 is 1. The van der Waals surface area contributed by atoms with E-state index in [4.69, 9.17) is 4.74 Å². The van der Waals surface area contributed by atoms with E-state index in [1.807, 2.05) is 25.2 Å². The standard InChI is InChI=1S/C19H32N4O/c1-15(2)23-11-7-8-16(14-23)12-21-19(20-3)22-13-17-9-5-6-10-18(17)24-4/h5-6,9-10,15-16H,7-8,11-14H2,1-4H3,(H2,20,21,22). The van der Waals surface area contributed by atoms with Crippen molar-refractivity contribution in [3.63, 3.8) is 0 Å². The predicted octanol–water partition coefficient (Wildman–Crippen LogP) is 2.48. The van der Waals surface area contributed by atoms with Crippen LogP contribution < -0.4 is 15.4 Å². The fourth-order valence-electron chi connectivity index (χ4n) is 3.22. The molecule has 1 atom stereocenters. The number of guanidine groups is 1. The molecule has 1 fully saturated rings. The van der Waals surface area contributed by atoms with Crippen molar-refractivity contribution in [2.45, 2.75) is 39.3 Å². The maximum absolute atomic E-state index is 5.39. The minimum atomic E-state index is 0.635. The Hall–Kier alpha value is -1.75. The second-order valence-corrected chi connectivity index (χ2v) is 6.72. The molecule has 0 bridgehead atoms. The van der Waals surface area contributed by atoms with Crippen molar-refractivity contribution in [2.24, 2.45) is 10.9 Å². The normalized spacial score (nSPS) is 19.4. The van der Waals surface area contributed by atoms with Crippen molar-refractivity contribution < 1.29 is 4.74 Å². The highest BCUT2D eigenvalue weighted by molar-refractivity contribution is 5.79. The third-order valence-electron chi connectivity index (χ3n) is 4.70. The van der Waals surface area contributed by atoms with Gasteiger partial charge >= 0.3 is 0 Å². The van der Waals surface area contributed by atoms with Gasteiger partial charge in [-0.3, -0.25) is 4.99 Å². The molecule has 1 unspecified atom stereocenters. The smallest absolute Gasteiger partial charge is 0.191 e. The number of hydrogen-bond donors (Lipinski definition) is 2. The van der Waals surface area contributed by atoms with E-state index in [-0.39, 0.29) is 0 Å². The van der Waals surface area contributed by atoms with Gasteiger partial charge in [0.15, 0.2) is 5.96 Å². The number of para-hydroxylation sites is 1. The van der Waals surface area contributed by atoms with Crippen molar-refractivity contribution in [2.75, 3.05) is 33.8 Å². The van der Waals surface area contributed by atoms with Gasteiger partial charge in [0.1, 0.15) is 5.75 Å². The third-order valence-corrected chi connectivity index (χ3v) is 4.70. The van der Waals surface area contributed by atoms with Gasteiger partial charge in [0.05, 0.1) is 7.11 Å². The van der Waals surface area contributed by atoms with Gasteiger partial charge in [0.25, 0.3) is 0 Å². The number of rotatable bonds is 6. The van der Waals surface area contributed by atoms with E-state index in [9.17, 15) is 0 Å². The van der Waals surface area contributed by atoms with Crippen molar-refractivity contribution in [1.29, 1.82) is 0 Å². The van der Waals surface area contributed by atoms with Crippen LogP contribution >= 0.6 is 0 Å². The second kappa shape index (κ2) is 9.52. The van der Waals surface area contributed by atoms with Crippen LogP contribution in [0.2, 0.25) is 0 Å². The summed E-state index contributed by atoms with van der Waals surface area (Å²) in [7, 11) is 3.52. The highest BCUT2D eigenvalue weighted by Crippen LogP contribution is 2.18. The van der Waals surface area contributed by atoms with E-state index in [2.05, 4.69) is 40.4 Å². The van der Waals surface area contributed by atoms with Gasteiger partial charge in [-0.1, -0.05) is 18.2 Å². The van der Waals surface area contributed by atoms with E-state index in [0.29, 0.717) is 18.5 Å². The van der Waals surface area contributed by atoms with Gasteiger partial charge in [0, 0.05) is 38.3 Å². The number of hydrogen-bond acceptors (Lipinski definition) is 3. The highest BCUT2D eigenvalue weighted by atomic mass is 16.5. The maximum Gasteiger partial charge on any atom is 0.191 e. The van der Waals surface area contributed by atoms with Crippen molar-refractivity contribution in [3.8, 4) is 5.75 Å². The highest BCUT2D eigenvalue weighted by Gasteiger charge is 2.21. The molecule has 0 radical (unpaired) electrons. The van der Waals surface area contributed by atoms with Crippen LogP contribution in [0.4, 0.5) is 0 Å². The Morgan fingerprint density at radius 3 is 2.83 bits per heavy atom. The predicted molar refractivity (Wildman–Crippen MR) is 101 cm³/mol. The van der Waals surface area contributed by atoms with Crippen LogP contribution in [0.25, 0.3) is 0 Å². The molecule has 134 valence electrons. The Balaban J connectivity index is 1.80. The molecule has 1 aliphatic heterocycles. The molecular weight excluding hydrogens is 300 g/mol. The van der Waals surface area contributed by atoms with E-state index in [1.165, 1.54) is 25.9 Å². The van der Waals surface area contributed by atoms with E-state index in [1.54, 1.807) is 7.11 Å². The van der Waals surface area contributed by atoms with Crippen molar-refractivity contribution in [1.82, 2.24) is 15.5 Å². The SMILES string of the molecule is CN=C(NCc1ccccc1OC)NCC1CCCN(C(C)C)C1. The molecule has 0 aromatic heterocycles. The molecule has 5 nitrogen and oxygen atoms in total. The fourth-order valence-corrected chi connectivity index (χ4v) is 3.22.